The average molecular weight is 287 g/mol. The van der Waals surface area contributed by atoms with Crippen LogP contribution in [0, 0.1) is 0 Å². The van der Waals surface area contributed by atoms with Crippen molar-refractivity contribution < 1.29 is 9.59 Å². The Kier molecular flexibility index (Phi) is 3.92. The van der Waals surface area contributed by atoms with Gasteiger partial charge in [-0.25, -0.2) is 0 Å². The van der Waals surface area contributed by atoms with Gasteiger partial charge in [-0.05, 0) is 49.5 Å². The van der Waals surface area contributed by atoms with Gasteiger partial charge in [-0.15, -0.1) is 0 Å². The summed E-state index contributed by atoms with van der Waals surface area (Å²) >= 11 is 0. The normalized spacial score (nSPS) is 21.0. The SMILES string of the molecule is CN1CCN(c2cccc(C3CCNCC3)c2)C(=O)C1=O. The van der Waals surface area contributed by atoms with Crippen LogP contribution in [0.1, 0.15) is 24.3 Å². The number of anilines is 1. The first kappa shape index (κ1) is 14.1. The first-order valence-corrected chi connectivity index (χ1v) is 7.54. The molecule has 0 unspecified atom stereocenters. The number of benzene rings is 1. The molecule has 2 saturated heterocycles. The van der Waals surface area contributed by atoms with Gasteiger partial charge in [-0.3, -0.25) is 9.59 Å². The van der Waals surface area contributed by atoms with Gasteiger partial charge in [0.25, 0.3) is 0 Å². The molecular formula is C16H21N3O2. The zero-order valence-corrected chi connectivity index (χ0v) is 12.3. The molecule has 1 aromatic rings. The fraction of sp³-hybridized carbons (Fsp3) is 0.500. The highest BCUT2D eigenvalue weighted by Gasteiger charge is 2.31. The first-order chi connectivity index (χ1) is 10.2. The molecule has 2 amide bonds. The Morgan fingerprint density at radius 3 is 2.62 bits per heavy atom. The van der Waals surface area contributed by atoms with Gasteiger partial charge in [0.05, 0.1) is 0 Å². The smallest absolute Gasteiger partial charge is 0.316 e. The second-order valence-corrected chi connectivity index (χ2v) is 5.80. The van der Waals surface area contributed by atoms with E-state index in [9.17, 15) is 9.59 Å². The van der Waals surface area contributed by atoms with Crippen molar-refractivity contribution in [3.8, 4) is 0 Å². The fourth-order valence-electron chi connectivity index (χ4n) is 3.08. The van der Waals surface area contributed by atoms with Crippen LogP contribution in [0.2, 0.25) is 0 Å². The van der Waals surface area contributed by atoms with Gasteiger partial charge in [-0.2, -0.15) is 0 Å². The molecule has 2 fully saturated rings. The van der Waals surface area contributed by atoms with Crippen LogP contribution in [0.25, 0.3) is 0 Å². The third-order valence-electron chi connectivity index (χ3n) is 4.43. The summed E-state index contributed by atoms with van der Waals surface area (Å²) in [7, 11) is 1.67. The molecule has 0 saturated carbocycles. The molecule has 0 atom stereocenters. The van der Waals surface area contributed by atoms with Gasteiger partial charge >= 0.3 is 11.8 Å². The van der Waals surface area contributed by atoms with Crippen LogP contribution in [0.5, 0.6) is 0 Å². The van der Waals surface area contributed by atoms with E-state index >= 15 is 0 Å². The van der Waals surface area contributed by atoms with Crippen LogP contribution in [-0.4, -0.2) is 49.9 Å². The lowest BCUT2D eigenvalue weighted by atomic mass is 9.90. The largest absolute Gasteiger partial charge is 0.336 e. The number of nitrogens with zero attached hydrogens (tertiary/aromatic N) is 2. The molecule has 0 bridgehead atoms. The van der Waals surface area contributed by atoms with Crippen molar-refractivity contribution in [3.05, 3.63) is 29.8 Å². The van der Waals surface area contributed by atoms with E-state index in [1.165, 1.54) is 10.5 Å². The van der Waals surface area contributed by atoms with Crippen molar-refractivity contribution in [3.63, 3.8) is 0 Å². The molecular weight excluding hydrogens is 266 g/mol. The Hall–Kier alpha value is -1.88. The summed E-state index contributed by atoms with van der Waals surface area (Å²) in [6, 6.07) is 8.11. The number of piperidine rings is 1. The van der Waals surface area contributed by atoms with E-state index in [2.05, 4.69) is 17.4 Å². The number of carbonyl (C=O) groups is 2. The zero-order chi connectivity index (χ0) is 14.8. The highest BCUT2D eigenvalue weighted by Crippen LogP contribution is 2.28. The molecule has 3 rings (SSSR count). The Labute approximate surface area is 124 Å². The molecule has 1 N–H and O–H groups in total. The molecule has 2 aliphatic rings. The van der Waals surface area contributed by atoms with Gasteiger partial charge in [-0.1, -0.05) is 12.1 Å². The van der Waals surface area contributed by atoms with E-state index in [0.717, 1.165) is 31.6 Å². The third-order valence-corrected chi connectivity index (χ3v) is 4.43. The Bertz CT molecular complexity index is 552. The van der Waals surface area contributed by atoms with E-state index < -0.39 is 11.8 Å². The maximum absolute atomic E-state index is 12.1. The monoisotopic (exact) mass is 287 g/mol. The molecule has 0 aromatic heterocycles. The van der Waals surface area contributed by atoms with Crippen LogP contribution in [0.3, 0.4) is 0 Å². The summed E-state index contributed by atoms with van der Waals surface area (Å²) in [4.78, 5) is 27.1. The van der Waals surface area contributed by atoms with Crippen molar-refractivity contribution in [2.45, 2.75) is 18.8 Å². The number of amides is 2. The maximum atomic E-state index is 12.1. The molecule has 21 heavy (non-hydrogen) atoms. The van der Waals surface area contributed by atoms with Crippen molar-refractivity contribution in [1.29, 1.82) is 0 Å². The summed E-state index contributed by atoms with van der Waals surface area (Å²) in [6.07, 6.45) is 2.25. The number of likely N-dealkylation sites (N-methyl/N-ethyl adjacent to an activating group) is 1. The number of nitrogens with one attached hydrogen (secondary N) is 1. The highest BCUT2D eigenvalue weighted by atomic mass is 16.2. The molecule has 5 nitrogen and oxygen atoms in total. The Balaban J connectivity index is 1.82. The minimum atomic E-state index is -0.425. The third kappa shape index (κ3) is 2.78. The predicted molar refractivity (Wildman–Crippen MR) is 81.3 cm³/mol. The quantitative estimate of drug-likeness (QED) is 0.824. The summed E-state index contributed by atoms with van der Waals surface area (Å²) in [5.41, 5.74) is 2.12. The van der Waals surface area contributed by atoms with Gasteiger partial charge in [0.15, 0.2) is 0 Å². The molecule has 2 aliphatic heterocycles. The molecule has 0 aliphatic carbocycles. The second-order valence-electron chi connectivity index (χ2n) is 5.80. The lowest BCUT2D eigenvalue weighted by Gasteiger charge is -2.32. The van der Waals surface area contributed by atoms with Crippen LogP contribution >= 0.6 is 0 Å². The van der Waals surface area contributed by atoms with Crippen LogP contribution < -0.4 is 10.2 Å². The van der Waals surface area contributed by atoms with Crippen molar-refractivity contribution >= 4 is 17.5 Å². The standard InChI is InChI=1S/C16H21N3O2/c1-18-9-10-19(16(21)15(18)20)14-4-2-3-13(11-14)12-5-7-17-8-6-12/h2-4,11-12,17H,5-10H2,1H3. The summed E-state index contributed by atoms with van der Waals surface area (Å²) < 4.78 is 0. The predicted octanol–water partition coefficient (Wildman–Crippen LogP) is 0.959. The van der Waals surface area contributed by atoms with Crippen LogP contribution in [-0.2, 0) is 9.59 Å². The van der Waals surface area contributed by atoms with E-state index in [4.69, 9.17) is 0 Å². The number of hydrogen-bond acceptors (Lipinski definition) is 3. The number of carbonyl (C=O) groups excluding carboxylic acids is 2. The van der Waals surface area contributed by atoms with Gasteiger partial charge < -0.3 is 15.1 Å². The topological polar surface area (TPSA) is 52.6 Å². The van der Waals surface area contributed by atoms with E-state index in [1.807, 2.05) is 12.1 Å². The first-order valence-electron chi connectivity index (χ1n) is 7.54. The molecule has 0 spiro atoms. The maximum Gasteiger partial charge on any atom is 0.316 e. The van der Waals surface area contributed by atoms with Gasteiger partial charge in [0.1, 0.15) is 0 Å². The summed E-state index contributed by atoms with van der Waals surface area (Å²) in [6.45, 7) is 3.24. The molecule has 1 aromatic carbocycles. The minimum absolute atomic E-state index is 0.423. The lowest BCUT2D eigenvalue weighted by molar-refractivity contribution is -0.145. The van der Waals surface area contributed by atoms with Gasteiger partial charge in [0.2, 0.25) is 0 Å². The number of rotatable bonds is 2. The lowest BCUT2D eigenvalue weighted by Crippen LogP contribution is -2.53. The van der Waals surface area contributed by atoms with Crippen LogP contribution in [0.15, 0.2) is 24.3 Å². The summed E-state index contributed by atoms with van der Waals surface area (Å²) in [5.74, 6) is -0.302. The zero-order valence-electron chi connectivity index (χ0n) is 12.3. The number of piperazine rings is 1. The molecule has 112 valence electrons. The number of hydrogen-bond donors (Lipinski definition) is 1. The molecule has 5 heteroatoms. The van der Waals surface area contributed by atoms with Crippen molar-refractivity contribution in [2.24, 2.45) is 0 Å². The summed E-state index contributed by atoms with van der Waals surface area (Å²) in [5, 5.41) is 3.37. The Morgan fingerprint density at radius 1 is 1.10 bits per heavy atom. The molecule has 0 radical (unpaired) electrons. The van der Waals surface area contributed by atoms with Crippen molar-refractivity contribution in [1.82, 2.24) is 10.2 Å². The average Bonchev–Trinajstić information content (AvgIpc) is 2.54. The van der Waals surface area contributed by atoms with Crippen LogP contribution in [0.4, 0.5) is 5.69 Å². The Morgan fingerprint density at radius 2 is 1.86 bits per heavy atom. The molecule has 2 heterocycles. The highest BCUT2D eigenvalue weighted by molar-refractivity contribution is 6.40. The van der Waals surface area contributed by atoms with E-state index in [1.54, 1.807) is 11.9 Å². The fourth-order valence-corrected chi connectivity index (χ4v) is 3.08. The van der Waals surface area contributed by atoms with Crippen molar-refractivity contribution in [2.75, 3.05) is 38.1 Å². The van der Waals surface area contributed by atoms with Gasteiger partial charge in [0, 0.05) is 25.8 Å². The second kappa shape index (κ2) is 5.85. The van der Waals surface area contributed by atoms with E-state index in [-0.39, 0.29) is 0 Å². The van der Waals surface area contributed by atoms with E-state index in [0.29, 0.717) is 19.0 Å². The minimum Gasteiger partial charge on any atom is -0.336 e.